The smallest absolute Gasteiger partial charge is 0.192 e. The van der Waals surface area contributed by atoms with Gasteiger partial charge in [-0.1, -0.05) is 23.2 Å². The van der Waals surface area contributed by atoms with Gasteiger partial charge in [-0.05, 0) is 31.5 Å². The molecule has 2 unspecified atom stereocenters. The molecule has 1 heterocycles. The molecule has 0 aromatic heterocycles. The Morgan fingerprint density at radius 2 is 2.32 bits per heavy atom. The summed E-state index contributed by atoms with van der Waals surface area (Å²) in [5.41, 5.74) is 0.446. The fourth-order valence-corrected chi connectivity index (χ4v) is 2.48. The van der Waals surface area contributed by atoms with E-state index in [9.17, 15) is 4.79 Å². The summed E-state index contributed by atoms with van der Waals surface area (Å²) in [7, 11) is 0. The molecule has 19 heavy (non-hydrogen) atoms. The molecule has 0 bridgehead atoms. The van der Waals surface area contributed by atoms with E-state index in [-0.39, 0.29) is 5.78 Å². The van der Waals surface area contributed by atoms with Crippen LogP contribution in [0.15, 0.2) is 18.2 Å². The van der Waals surface area contributed by atoms with E-state index in [2.05, 4.69) is 0 Å². The van der Waals surface area contributed by atoms with Crippen molar-refractivity contribution in [3.05, 3.63) is 33.8 Å². The average Bonchev–Trinajstić information content (AvgIpc) is 2.88. The number of hydrogen-bond donors (Lipinski definition) is 0. The molecule has 1 fully saturated rings. The second-order valence-corrected chi connectivity index (χ2v) is 5.54. The van der Waals surface area contributed by atoms with Gasteiger partial charge < -0.3 is 9.47 Å². The minimum atomic E-state index is -0.515. The number of rotatable bonds is 5. The summed E-state index contributed by atoms with van der Waals surface area (Å²) >= 11 is 11.8. The van der Waals surface area contributed by atoms with Crippen LogP contribution in [-0.4, -0.2) is 31.7 Å². The third kappa shape index (κ3) is 3.93. The number of hydrogen-bond acceptors (Lipinski definition) is 3. The topological polar surface area (TPSA) is 35.5 Å². The minimum absolute atomic E-state index is 0.124. The van der Waals surface area contributed by atoms with Crippen molar-refractivity contribution in [2.45, 2.75) is 19.4 Å². The highest BCUT2D eigenvalue weighted by Crippen LogP contribution is 2.23. The van der Waals surface area contributed by atoms with Gasteiger partial charge in [0.15, 0.2) is 5.78 Å². The van der Waals surface area contributed by atoms with E-state index in [4.69, 9.17) is 32.7 Å². The van der Waals surface area contributed by atoms with Gasteiger partial charge in [-0.15, -0.1) is 0 Å². The maximum atomic E-state index is 12.2. The van der Waals surface area contributed by atoms with E-state index < -0.39 is 6.10 Å². The van der Waals surface area contributed by atoms with Crippen LogP contribution in [0.4, 0.5) is 0 Å². The maximum absolute atomic E-state index is 12.2. The number of carbonyl (C=O) groups excluding carboxylic acids is 1. The zero-order valence-electron chi connectivity index (χ0n) is 10.7. The lowest BCUT2D eigenvalue weighted by molar-refractivity contribution is 0.0322. The molecule has 0 spiro atoms. The molecule has 0 N–H and O–H groups in total. The summed E-state index contributed by atoms with van der Waals surface area (Å²) in [5.74, 6) is 0.261. The molecule has 1 aliphatic rings. The highest BCUT2D eigenvalue weighted by Gasteiger charge is 2.22. The predicted molar refractivity (Wildman–Crippen MR) is 75.1 cm³/mol. The van der Waals surface area contributed by atoms with Crippen molar-refractivity contribution in [3.8, 4) is 0 Å². The van der Waals surface area contributed by atoms with E-state index in [1.54, 1.807) is 25.1 Å². The first kappa shape index (κ1) is 14.8. The van der Waals surface area contributed by atoms with Gasteiger partial charge >= 0.3 is 0 Å². The largest absolute Gasteiger partial charge is 0.381 e. The van der Waals surface area contributed by atoms with Crippen LogP contribution in [0.3, 0.4) is 0 Å². The van der Waals surface area contributed by atoms with Crippen molar-refractivity contribution in [1.82, 2.24) is 0 Å². The number of Topliss-reactive ketones (excluding diaryl/α,β-unsaturated/α-hetero) is 1. The monoisotopic (exact) mass is 302 g/mol. The SMILES string of the molecule is CC(OCC1CCOC1)C(=O)c1ccc(Cl)cc1Cl. The van der Waals surface area contributed by atoms with Crippen LogP contribution in [0, 0.1) is 5.92 Å². The van der Waals surface area contributed by atoms with E-state index in [1.165, 1.54) is 0 Å². The lowest BCUT2D eigenvalue weighted by Gasteiger charge is -2.15. The van der Waals surface area contributed by atoms with Crippen LogP contribution in [0.1, 0.15) is 23.7 Å². The quantitative estimate of drug-likeness (QED) is 0.779. The summed E-state index contributed by atoms with van der Waals surface area (Å²) in [5, 5.41) is 0.871. The van der Waals surface area contributed by atoms with Gasteiger partial charge in [-0.2, -0.15) is 0 Å². The van der Waals surface area contributed by atoms with E-state index >= 15 is 0 Å². The zero-order chi connectivity index (χ0) is 13.8. The van der Waals surface area contributed by atoms with Gasteiger partial charge in [0.25, 0.3) is 0 Å². The Kier molecular flexibility index (Phi) is 5.22. The highest BCUT2D eigenvalue weighted by molar-refractivity contribution is 6.37. The van der Waals surface area contributed by atoms with E-state index in [1.807, 2.05) is 0 Å². The molecule has 1 aromatic carbocycles. The number of halogens is 2. The van der Waals surface area contributed by atoms with Crippen LogP contribution in [0.5, 0.6) is 0 Å². The molecule has 0 aliphatic carbocycles. The van der Waals surface area contributed by atoms with E-state index in [0.717, 1.165) is 13.0 Å². The second kappa shape index (κ2) is 6.71. The van der Waals surface area contributed by atoms with Gasteiger partial charge in [-0.3, -0.25) is 4.79 Å². The normalized spacial score (nSPS) is 20.5. The molecule has 0 radical (unpaired) electrons. The third-order valence-electron chi connectivity index (χ3n) is 3.17. The predicted octanol–water partition coefficient (Wildman–Crippen LogP) is 3.62. The van der Waals surface area contributed by atoms with Crippen molar-refractivity contribution >= 4 is 29.0 Å². The van der Waals surface area contributed by atoms with E-state index in [0.29, 0.717) is 34.7 Å². The molecule has 104 valence electrons. The van der Waals surface area contributed by atoms with Crippen molar-refractivity contribution in [2.24, 2.45) is 5.92 Å². The standard InChI is InChI=1S/C14H16Cl2O3/c1-9(19-8-10-4-5-18-7-10)14(17)12-3-2-11(15)6-13(12)16/h2-3,6,9-10H,4-5,7-8H2,1H3. The first-order chi connectivity index (χ1) is 9.08. The van der Waals surface area contributed by atoms with Gasteiger partial charge in [-0.25, -0.2) is 0 Å². The fourth-order valence-electron chi connectivity index (χ4n) is 1.98. The molecule has 3 nitrogen and oxygen atoms in total. The van der Waals surface area contributed by atoms with Gasteiger partial charge in [0.2, 0.25) is 0 Å². The fraction of sp³-hybridized carbons (Fsp3) is 0.500. The Morgan fingerprint density at radius 3 is 2.95 bits per heavy atom. The van der Waals surface area contributed by atoms with Crippen LogP contribution in [0.2, 0.25) is 10.0 Å². The average molecular weight is 303 g/mol. The molecule has 2 atom stereocenters. The van der Waals surface area contributed by atoms with Crippen LogP contribution < -0.4 is 0 Å². The Bertz CT molecular complexity index is 456. The van der Waals surface area contributed by atoms with Gasteiger partial charge in [0.1, 0.15) is 6.10 Å². The Labute approximate surface area is 122 Å². The molecule has 2 rings (SSSR count). The third-order valence-corrected chi connectivity index (χ3v) is 3.72. The summed E-state index contributed by atoms with van der Waals surface area (Å²) in [6.45, 7) is 3.77. The molecule has 1 aliphatic heterocycles. The van der Waals surface area contributed by atoms with Crippen molar-refractivity contribution in [1.29, 1.82) is 0 Å². The summed E-state index contributed by atoms with van der Waals surface area (Å²) in [4.78, 5) is 12.2. The Hall–Kier alpha value is -0.610. The molecule has 0 saturated carbocycles. The number of carbonyl (C=O) groups is 1. The van der Waals surface area contributed by atoms with Crippen LogP contribution in [-0.2, 0) is 9.47 Å². The highest BCUT2D eigenvalue weighted by atomic mass is 35.5. The van der Waals surface area contributed by atoms with Gasteiger partial charge in [0.05, 0.1) is 18.2 Å². The number of benzene rings is 1. The maximum Gasteiger partial charge on any atom is 0.192 e. The van der Waals surface area contributed by atoms with Crippen LogP contribution >= 0.6 is 23.2 Å². The molecule has 5 heteroatoms. The molecule has 1 saturated heterocycles. The summed E-state index contributed by atoms with van der Waals surface area (Å²) in [6, 6.07) is 4.84. The first-order valence-electron chi connectivity index (χ1n) is 6.26. The first-order valence-corrected chi connectivity index (χ1v) is 7.02. The Balaban J connectivity index is 1.94. The zero-order valence-corrected chi connectivity index (χ0v) is 12.2. The van der Waals surface area contributed by atoms with Crippen molar-refractivity contribution in [3.63, 3.8) is 0 Å². The number of ketones is 1. The molecule has 1 aromatic rings. The van der Waals surface area contributed by atoms with Crippen molar-refractivity contribution in [2.75, 3.05) is 19.8 Å². The second-order valence-electron chi connectivity index (χ2n) is 4.69. The number of ether oxygens (including phenoxy) is 2. The van der Waals surface area contributed by atoms with Crippen molar-refractivity contribution < 1.29 is 14.3 Å². The summed E-state index contributed by atoms with van der Waals surface area (Å²) in [6.07, 6.45) is 0.474. The minimum Gasteiger partial charge on any atom is -0.381 e. The lowest BCUT2D eigenvalue weighted by atomic mass is 10.1. The van der Waals surface area contributed by atoms with Crippen LogP contribution in [0.25, 0.3) is 0 Å². The molecular weight excluding hydrogens is 287 g/mol. The molecule has 0 amide bonds. The summed E-state index contributed by atoms with van der Waals surface area (Å²) < 4.78 is 10.9. The lowest BCUT2D eigenvalue weighted by Crippen LogP contribution is -2.24. The Morgan fingerprint density at radius 1 is 1.53 bits per heavy atom. The molecular formula is C14H16Cl2O3. The van der Waals surface area contributed by atoms with Gasteiger partial charge in [0, 0.05) is 23.1 Å².